The fourth-order valence-corrected chi connectivity index (χ4v) is 2.81. The van der Waals surface area contributed by atoms with Gasteiger partial charge in [0.1, 0.15) is 5.25 Å². The molecule has 2 aromatic carbocycles. The molecule has 0 aliphatic rings. The summed E-state index contributed by atoms with van der Waals surface area (Å²) < 4.78 is 44.7. The van der Waals surface area contributed by atoms with Gasteiger partial charge in [0, 0.05) is 4.90 Å². The van der Waals surface area contributed by atoms with Gasteiger partial charge in [-0.05, 0) is 38.1 Å². The first-order chi connectivity index (χ1) is 12.3. The molecule has 8 heteroatoms. The number of ether oxygens (including phenoxy) is 1. The number of nitrogens with one attached hydrogen (secondary N) is 1. The maximum Gasteiger partial charge on any atom is 0.319 e. The lowest BCUT2D eigenvalue weighted by molar-refractivity contribution is -0.152. The lowest BCUT2D eigenvalue weighted by Crippen LogP contribution is -2.32. The van der Waals surface area contributed by atoms with Crippen molar-refractivity contribution in [2.45, 2.75) is 30.1 Å². The third kappa shape index (κ3) is 5.01. The van der Waals surface area contributed by atoms with E-state index >= 15 is 0 Å². The number of amides is 1. The molecule has 0 spiro atoms. The second-order valence-corrected chi connectivity index (χ2v) is 6.78. The molecular weight excluding hydrogens is 367 g/mol. The summed E-state index contributed by atoms with van der Waals surface area (Å²) in [4.78, 5) is 24.9. The summed E-state index contributed by atoms with van der Waals surface area (Å²) in [6, 6.07) is 10.7. The predicted octanol–water partition coefficient (Wildman–Crippen LogP) is 4.15. The van der Waals surface area contributed by atoms with E-state index < -0.39 is 46.4 Å². The Morgan fingerprint density at radius 1 is 1.00 bits per heavy atom. The lowest BCUT2D eigenvalue weighted by atomic mass is 10.2. The van der Waals surface area contributed by atoms with Crippen LogP contribution in [-0.4, -0.2) is 23.2 Å². The zero-order chi connectivity index (χ0) is 19.3. The molecule has 0 saturated carbocycles. The molecule has 0 aliphatic carbocycles. The van der Waals surface area contributed by atoms with E-state index in [-0.39, 0.29) is 0 Å². The van der Waals surface area contributed by atoms with Crippen molar-refractivity contribution in [1.29, 1.82) is 0 Å². The van der Waals surface area contributed by atoms with Gasteiger partial charge in [0.05, 0.1) is 5.69 Å². The fourth-order valence-electron chi connectivity index (χ4n) is 1.93. The van der Waals surface area contributed by atoms with Gasteiger partial charge in [-0.3, -0.25) is 9.59 Å². The van der Waals surface area contributed by atoms with Crippen LogP contribution >= 0.6 is 11.8 Å². The molecule has 2 rings (SSSR count). The summed E-state index contributed by atoms with van der Waals surface area (Å²) >= 11 is 1.26. The van der Waals surface area contributed by atoms with E-state index in [1.54, 1.807) is 6.92 Å². The first-order valence-corrected chi connectivity index (χ1v) is 8.54. The van der Waals surface area contributed by atoms with E-state index in [0.717, 1.165) is 11.0 Å². The largest absolute Gasteiger partial charge is 0.452 e. The molecule has 26 heavy (non-hydrogen) atoms. The van der Waals surface area contributed by atoms with Crippen molar-refractivity contribution in [3.05, 3.63) is 59.9 Å². The summed E-state index contributed by atoms with van der Waals surface area (Å²) in [6.07, 6.45) is -1.24. The molecule has 0 fully saturated rings. The van der Waals surface area contributed by atoms with Gasteiger partial charge in [0.2, 0.25) is 0 Å². The number of benzene rings is 2. The Bertz CT molecular complexity index is 802. The molecule has 0 bridgehead atoms. The van der Waals surface area contributed by atoms with Crippen molar-refractivity contribution in [3.63, 3.8) is 0 Å². The van der Waals surface area contributed by atoms with Gasteiger partial charge in [-0.1, -0.05) is 18.2 Å². The molecule has 0 heterocycles. The van der Waals surface area contributed by atoms with Crippen LogP contribution < -0.4 is 5.32 Å². The molecule has 0 aliphatic heterocycles. The molecule has 1 amide bonds. The van der Waals surface area contributed by atoms with Crippen LogP contribution in [0.5, 0.6) is 0 Å². The number of carbonyl (C=O) groups excluding carboxylic acids is 2. The highest BCUT2D eigenvalue weighted by molar-refractivity contribution is 8.00. The maximum absolute atomic E-state index is 13.6. The first-order valence-electron chi connectivity index (χ1n) is 7.66. The van der Waals surface area contributed by atoms with Crippen LogP contribution in [0, 0.1) is 17.5 Å². The standard InChI is InChI=1S/C18H16F3NO3S/c1-10(17(23)22-14-9-8-13(19)15(20)16(14)21)25-18(24)11(2)26-12-6-4-3-5-7-12/h3-11H,1-2H3,(H,22,23)/t10-,11-/m1/s1. The van der Waals surface area contributed by atoms with Crippen LogP contribution in [0.2, 0.25) is 0 Å². The van der Waals surface area contributed by atoms with Crippen LogP contribution in [0.1, 0.15) is 13.8 Å². The van der Waals surface area contributed by atoms with Gasteiger partial charge in [0.15, 0.2) is 23.6 Å². The summed E-state index contributed by atoms with van der Waals surface area (Å²) in [6.45, 7) is 2.92. The van der Waals surface area contributed by atoms with Crippen molar-refractivity contribution in [2.24, 2.45) is 0 Å². The summed E-state index contributed by atoms with van der Waals surface area (Å²) in [7, 11) is 0. The van der Waals surface area contributed by atoms with Crippen molar-refractivity contribution < 1.29 is 27.5 Å². The summed E-state index contributed by atoms with van der Waals surface area (Å²) in [5.41, 5.74) is -0.538. The summed E-state index contributed by atoms with van der Waals surface area (Å²) in [5, 5.41) is 1.49. The minimum atomic E-state index is -1.69. The monoisotopic (exact) mass is 383 g/mol. The van der Waals surface area contributed by atoms with E-state index in [0.29, 0.717) is 6.07 Å². The van der Waals surface area contributed by atoms with E-state index in [1.807, 2.05) is 30.3 Å². The minimum absolute atomic E-state index is 0.538. The van der Waals surface area contributed by atoms with Gasteiger partial charge in [-0.25, -0.2) is 13.2 Å². The number of hydrogen-bond acceptors (Lipinski definition) is 4. The number of hydrogen-bond donors (Lipinski definition) is 1. The molecule has 0 radical (unpaired) electrons. The number of halogens is 3. The highest BCUT2D eigenvalue weighted by Crippen LogP contribution is 2.24. The molecular formula is C18H16F3NO3S. The average Bonchev–Trinajstić information content (AvgIpc) is 2.62. The SMILES string of the molecule is C[C@@H](OC(=O)[C@@H](C)Sc1ccccc1)C(=O)Nc1ccc(F)c(F)c1F. The fraction of sp³-hybridized carbons (Fsp3) is 0.222. The molecule has 4 nitrogen and oxygen atoms in total. The van der Waals surface area contributed by atoms with Crippen molar-refractivity contribution in [3.8, 4) is 0 Å². The zero-order valence-corrected chi connectivity index (χ0v) is 14.8. The molecule has 2 aromatic rings. The smallest absolute Gasteiger partial charge is 0.319 e. The zero-order valence-electron chi connectivity index (χ0n) is 14.0. The second kappa shape index (κ2) is 8.75. The van der Waals surface area contributed by atoms with Crippen LogP contribution in [0.25, 0.3) is 0 Å². The highest BCUT2D eigenvalue weighted by atomic mass is 32.2. The number of thioether (sulfide) groups is 1. The van der Waals surface area contributed by atoms with E-state index in [4.69, 9.17) is 4.74 Å². The molecule has 0 aromatic heterocycles. The van der Waals surface area contributed by atoms with Crippen LogP contribution in [0.4, 0.5) is 18.9 Å². The predicted molar refractivity (Wildman–Crippen MR) is 92.3 cm³/mol. The van der Waals surface area contributed by atoms with Gasteiger partial charge >= 0.3 is 5.97 Å². The Labute approximate surface area is 152 Å². The lowest BCUT2D eigenvalue weighted by Gasteiger charge is -2.17. The van der Waals surface area contributed by atoms with Crippen LogP contribution in [0.3, 0.4) is 0 Å². The van der Waals surface area contributed by atoms with E-state index in [9.17, 15) is 22.8 Å². The molecule has 0 unspecified atom stereocenters. The normalized spacial score (nSPS) is 13.0. The number of carbonyl (C=O) groups is 2. The molecule has 2 atom stereocenters. The molecule has 138 valence electrons. The highest BCUT2D eigenvalue weighted by Gasteiger charge is 2.24. The van der Waals surface area contributed by atoms with Crippen molar-refractivity contribution in [1.82, 2.24) is 0 Å². The second-order valence-electron chi connectivity index (χ2n) is 5.36. The first kappa shape index (κ1) is 19.8. The van der Waals surface area contributed by atoms with Crippen molar-refractivity contribution >= 4 is 29.3 Å². The number of rotatable bonds is 6. The van der Waals surface area contributed by atoms with Crippen molar-refractivity contribution in [2.75, 3.05) is 5.32 Å². The van der Waals surface area contributed by atoms with Gasteiger partial charge < -0.3 is 10.1 Å². The molecule has 0 saturated heterocycles. The third-order valence-corrected chi connectivity index (χ3v) is 4.43. The Morgan fingerprint density at radius 2 is 1.65 bits per heavy atom. The Hall–Kier alpha value is -2.48. The molecule has 1 N–H and O–H groups in total. The van der Waals surface area contributed by atoms with E-state index in [1.165, 1.54) is 18.7 Å². The Kier molecular flexibility index (Phi) is 6.68. The average molecular weight is 383 g/mol. The van der Waals surface area contributed by atoms with Gasteiger partial charge in [-0.2, -0.15) is 0 Å². The van der Waals surface area contributed by atoms with Crippen LogP contribution in [-0.2, 0) is 14.3 Å². The number of esters is 1. The third-order valence-electron chi connectivity index (χ3n) is 3.34. The Balaban J connectivity index is 1.94. The summed E-state index contributed by atoms with van der Waals surface area (Å²) in [5.74, 6) is -6.08. The quantitative estimate of drug-likeness (QED) is 0.462. The van der Waals surface area contributed by atoms with E-state index in [2.05, 4.69) is 5.32 Å². The van der Waals surface area contributed by atoms with Crippen LogP contribution in [0.15, 0.2) is 47.4 Å². The Morgan fingerprint density at radius 3 is 2.31 bits per heavy atom. The minimum Gasteiger partial charge on any atom is -0.452 e. The van der Waals surface area contributed by atoms with Gasteiger partial charge in [-0.15, -0.1) is 11.8 Å². The topological polar surface area (TPSA) is 55.4 Å². The maximum atomic E-state index is 13.6. The van der Waals surface area contributed by atoms with Gasteiger partial charge in [0.25, 0.3) is 5.91 Å². The number of anilines is 1.